The van der Waals surface area contributed by atoms with Crippen LogP contribution in [0.25, 0.3) is 11.0 Å². The average molecular weight is 607 g/mol. The summed E-state index contributed by atoms with van der Waals surface area (Å²) in [6.07, 6.45) is 1.07. The second-order valence-corrected chi connectivity index (χ2v) is 11.9. The first-order valence-electron chi connectivity index (χ1n) is 14.5. The molecule has 3 aromatic carbocycles. The minimum absolute atomic E-state index is 0.000137. The van der Waals surface area contributed by atoms with E-state index in [0.29, 0.717) is 23.1 Å². The van der Waals surface area contributed by atoms with Crippen LogP contribution in [0.1, 0.15) is 48.1 Å². The number of piperazine rings is 1. The lowest BCUT2D eigenvalue weighted by atomic mass is 10.1. The molecule has 2 saturated heterocycles. The molecule has 3 aliphatic rings. The zero-order chi connectivity index (χ0) is 29.9. The number of carboxylic acid groups (broad SMARTS) is 1. The first-order chi connectivity index (χ1) is 20.7. The van der Waals surface area contributed by atoms with E-state index in [2.05, 4.69) is 21.3 Å². The van der Waals surface area contributed by atoms with Crippen LogP contribution in [0.2, 0.25) is 5.02 Å². The number of hydrogen-bond donors (Lipinski definition) is 1. The van der Waals surface area contributed by atoms with Gasteiger partial charge in [0.1, 0.15) is 11.6 Å². The van der Waals surface area contributed by atoms with E-state index in [-0.39, 0.29) is 23.3 Å². The number of anilines is 1. The summed E-state index contributed by atoms with van der Waals surface area (Å²) in [7, 11) is 0. The monoisotopic (exact) mass is 606 g/mol. The second-order valence-electron chi connectivity index (χ2n) is 11.4. The van der Waals surface area contributed by atoms with E-state index in [1.165, 1.54) is 6.07 Å². The third kappa shape index (κ3) is 4.97. The van der Waals surface area contributed by atoms with Crippen molar-refractivity contribution in [3.05, 3.63) is 82.4 Å². The second kappa shape index (κ2) is 10.7. The molecule has 0 radical (unpaired) electrons. The van der Waals surface area contributed by atoms with E-state index in [1.54, 1.807) is 37.3 Å². The zero-order valence-corrected chi connectivity index (χ0v) is 24.7. The number of carboxylic acids is 1. The molecule has 0 bridgehead atoms. The first-order valence-corrected chi connectivity index (χ1v) is 14.9. The molecule has 1 N–H and O–H groups in total. The van der Waals surface area contributed by atoms with E-state index >= 15 is 0 Å². The predicted octanol–water partition coefficient (Wildman–Crippen LogP) is 5.84. The van der Waals surface area contributed by atoms with E-state index in [1.807, 2.05) is 18.2 Å². The van der Waals surface area contributed by atoms with Crippen LogP contribution < -0.4 is 14.4 Å². The number of ether oxygens (including phenoxy) is 3. The fraction of sp³-hybridized carbons (Fsp3) is 0.375. The van der Waals surface area contributed by atoms with Crippen LogP contribution in [-0.4, -0.2) is 64.4 Å². The number of aromatic carboxylic acids is 1. The van der Waals surface area contributed by atoms with Crippen molar-refractivity contribution in [3.8, 4) is 11.5 Å². The number of hydrogen-bond acceptors (Lipinski definition) is 7. The summed E-state index contributed by atoms with van der Waals surface area (Å²) in [6.45, 7) is 8.28. The van der Waals surface area contributed by atoms with Crippen molar-refractivity contribution >= 4 is 34.3 Å². The maximum atomic E-state index is 14.8. The van der Waals surface area contributed by atoms with Crippen molar-refractivity contribution in [1.82, 2.24) is 14.5 Å². The Labute approximate surface area is 253 Å². The molecule has 43 heavy (non-hydrogen) atoms. The van der Waals surface area contributed by atoms with Gasteiger partial charge in [0.25, 0.3) is 5.79 Å². The summed E-state index contributed by atoms with van der Waals surface area (Å²) in [6, 6.07) is 15.3. The molecule has 0 saturated carbocycles. The molecule has 7 rings (SSSR count). The number of halogens is 2. The third-order valence-corrected chi connectivity index (χ3v) is 9.00. The lowest BCUT2D eigenvalue weighted by Crippen LogP contribution is -2.47. The molecule has 3 aliphatic heterocycles. The van der Waals surface area contributed by atoms with Crippen molar-refractivity contribution in [2.75, 3.05) is 37.7 Å². The molecule has 0 aliphatic carbocycles. The van der Waals surface area contributed by atoms with Crippen LogP contribution in [0, 0.1) is 5.82 Å². The molecule has 2 fully saturated rings. The van der Waals surface area contributed by atoms with Gasteiger partial charge in [0.2, 0.25) is 0 Å². The van der Waals surface area contributed by atoms with Gasteiger partial charge in [-0.25, -0.2) is 14.2 Å². The van der Waals surface area contributed by atoms with Crippen LogP contribution in [0.15, 0.2) is 54.6 Å². The molecule has 0 unspecified atom stereocenters. The highest BCUT2D eigenvalue weighted by atomic mass is 35.5. The molecular formula is C32H32ClFN4O5. The molecule has 11 heteroatoms. The summed E-state index contributed by atoms with van der Waals surface area (Å²) in [4.78, 5) is 21.3. The van der Waals surface area contributed by atoms with Gasteiger partial charge in [-0.1, -0.05) is 17.7 Å². The molecule has 224 valence electrons. The molecule has 1 aromatic heterocycles. The predicted molar refractivity (Wildman–Crippen MR) is 160 cm³/mol. The Morgan fingerprint density at radius 2 is 1.93 bits per heavy atom. The van der Waals surface area contributed by atoms with E-state index < -0.39 is 17.6 Å². The Balaban J connectivity index is 1.10. The summed E-state index contributed by atoms with van der Waals surface area (Å²) in [5, 5.41) is 9.89. The smallest absolute Gasteiger partial charge is 0.335 e. The van der Waals surface area contributed by atoms with Gasteiger partial charge in [-0.2, -0.15) is 0 Å². The van der Waals surface area contributed by atoms with Crippen LogP contribution >= 0.6 is 11.6 Å². The maximum Gasteiger partial charge on any atom is 0.335 e. The number of imidazole rings is 1. The van der Waals surface area contributed by atoms with Gasteiger partial charge in [0.05, 0.1) is 46.5 Å². The molecular weight excluding hydrogens is 575 g/mol. The fourth-order valence-corrected chi connectivity index (χ4v) is 6.42. The van der Waals surface area contributed by atoms with Crippen molar-refractivity contribution in [1.29, 1.82) is 0 Å². The number of fused-ring (bicyclic) bond motifs is 2. The Morgan fingerprint density at radius 3 is 2.63 bits per heavy atom. The van der Waals surface area contributed by atoms with E-state index in [4.69, 9.17) is 30.8 Å². The lowest BCUT2D eigenvalue weighted by Gasteiger charge is -2.39. The summed E-state index contributed by atoms with van der Waals surface area (Å²) in [5.74, 6) is -0.691. The third-order valence-electron chi connectivity index (χ3n) is 8.76. The van der Waals surface area contributed by atoms with Gasteiger partial charge >= 0.3 is 5.97 Å². The Kier molecular flexibility index (Phi) is 6.95. The van der Waals surface area contributed by atoms with Gasteiger partial charge in [0.15, 0.2) is 11.5 Å². The van der Waals surface area contributed by atoms with Crippen molar-refractivity contribution in [3.63, 3.8) is 0 Å². The fourth-order valence-electron chi connectivity index (χ4n) is 6.26. The highest BCUT2D eigenvalue weighted by Gasteiger charge is 2.43. The lowest BCUT2D eigenvalue weighted by molar-refractivity contribution is -0.0705. The van der Waals surface area contributed by atoms with Crippen LogP contribution in [-0.2, 0) is 17.1 Å². The molecule has 0 spiro atoms. The SMILES string of the molecule is C[C@@H](c1nc2ccc(C(=O)O)cc2n1C[C@@H]1CCO1)N1CCN(c2cccc3c2O[C@@](C)(c2ccc(Cl)cc2F)O3)CC1. The van der Waals surface area contributed by atoms with E-state index in [0.717, 1.165) is 61.8 Å². The highest BCUT2D eigenvalue weighted by molar-refractivity contribution is 6.30. The van der Waals surface area contributed by atoms with E-state index in [9.17, 15) is 14.3 Å². The Hall–Kier alpha value is -3.86. The minimum Gasteiger partial charge on any atom is -0.478 e. The average Bonchev–Trinajstić information content (AvgIpc) is 3.51. The Bertz CT molecular complexity index is 1720. The minimum atomic E-state index is -1.31. The van der Waals surface area contributed by atoms with Crippen LogP contribution in [0.4, 0.5) is 10.1 Å². The number of benzene rings is 3. The van der Waals surface area contributed by atoms with Crippen LogP contribution in [0.3, 0.4) is 0 Å². The number of rotatable bonds is 7. The van der Waals surface area contributed by atoms with Crippen molar-refractivity contribution in [2.24, 2.45) is 0 Å². The number of para-hydroxylation sites is 1. The standard InChI is InChI=1S/C32H32ClFN4O5/c1-19(30-35-25-9-6-20(31(39)40)16-27(25)38(30)18-22-10-15-41-22)36-11-13-37(14-12-36)26-4-3-5-28-29(26)43-32(2,42-28)23-8-7-21(33)17-24(23)34/h3-9,16-17,19,22H,10-15,18H2,1-2H3,(H,39,40)/t19-,22-,32-/m0/s1. The highest BCUT2D eigenvalue weighted by Crippen LogP contribution is 2.50. The molecule has 4 heterocycles. The van der Waals surface area contributed by atoms with Crippen LogP contribution in [0.5, 0.6) is 11.5 Å². The van der Waals surface area contributed by atoms with Crippen molar-refractivity contribution in [2.45, 2.75) is 44.7 Å². The molecule has 3 atom stereocenters. The summed E-state index contributed by atoms with van der Waals surface area (Å²) >= 11 is 5.97. The first kappa shape index (κ1) is 27.9. The zero-order valence-electron chi connectivity index (χ0n) is 23.9. The number of nitrogens with zero attached hydrogens (tertiary/aromatic N) is 4. The normalized spacial score (nSPS) is 22.5. The Morgan fingerprint density at radius 1 is 1.14 bits per heavy atom. The van der Waals surface area contributed by atoms with Gasteiger partial charge in [-0.3, -0.25) is 4.90 Å². The topological polar surface area (TPSA) is 89.3 Å². The largest absolute Gasteiger partial charge is 0.478 e. The van der Waals surface area contributed by atoms with Gasteiger partial charge < -0.3 is 28.8 Å². The molecule has 0 amide bonds. The number of carbonyl (C=O) groups is 1. The van der Waals surface area contributed by atoms with Gasteiger partial charge in [0, 0.05) is 44.7 Å². The molecule has 4 aromatic rings. The summed E-state index contributed by atoms with van der Waals surface area (Å²) < 4.78 is 35.2. The molecule has 9 nitrogen and oxygen atoms in total. The number of aromatic nitrogens is 2. The van der Waals surface area contributed by atoms with Crippen molar-refractivity contribution < 1.29 is 28.5 Å². The summed E-state index contributed by atoms with van der Waals surface area (Å²) in [5.41, 5.74) is 3.02. The van der Waals surface area contributed by atoms with Gasteiger partial charge in [-0.15, -0.1) is 0 Å². The maximum absolute atomic E-state index is 14.8. The quantitative estimate of drug-likeness (QED) is 0.281. The van der Waals surface area contributed by atoms with Gasteiger partial charge in [-0.05, 0) is 61.9 Å².